The van der Waals surface area contributed by atoms with Gasteiger partial charge in [0.05, 0.1) is 5.75 Å². The minimum atomic E-state index is -3.08. The van der Waals surface area contributed by atoms with Crippen LogP contribution in [0.15, 0.2) is 0 Å². The van der Waals surface area contributed by atoms with Gasteiger partial charge in [0.2, 0.25) is 10.0 Å². The molecule has 2 fully saturated rings. The van der Waals surface area contributed by atoms with Gasteiger partial charge < -0.3 is 5.73 Å². The van der Waals surface area contributed by atoms with Crippen LogP contribution in [0.4, 0.5) is 0 Å². The number of hydrogen-bond donors (Lipinski definition) is 1. The first-order valence-corrected chi connectivity index (χ1v) is 8.16. The molecule has 2 aliphatic heterocycles. The zero-order valence-electron chi connectivity index (χ0n) is 10.3. The second kappa shape index (κ2) is 5.65. The lowest BCUT2D eigenvalue weighted by Gasteiger charge is -2.25. The van der Waals surface area contributed by atoms with Crippen molar-refractivity contribution in [2.45, 2.75) is 31.7 Å². The summed E-state index contributed by atoms with van der Waals surface area (Å²) in [7, 11) is -3.08. The molecule has 2 aliphatic rings. The summed E-state index contributed by atoms with van der Waals surface area (Å²) >= 11 is 0. The van der Waals surface area contributed by atoms with Gasteiger partial charge in [-0.2, -0.15) is 0 Å². The van der Waals surface area contributed by atoms with E-state index in [-0.39, 0.29) is 5.75 Å². The first kappa shape index (κ1) is 13.3. The fraction of sp³-hybridized carbons (Fsp3) is 1.00. The van der Waals surface area contributed by atoms with E-state index in [9.17, 15) is 8.42 Å². The van der Waals surface area contributed by atoms with Crippen LogP contribution >= 0.6 is 0 Å². The highest BCUT2D eigenvalue weighted by atomic mass is 32.2. The van der Waals surface area contributed by atoms with Crippen molar-refractivity contribution in [3.05, 3.63) is 0 Å². The van der Waals surface area contributed by atoms with Crippen molar-refractivity contribution in [1.29, 1.82) is 0 Å². The van der Waals surface area contributed by atoms with Crippen molar-refractivity contribution in [2.24, 2.45) is 5.73 Å². The molecule has 0 amide bonds. The molecule has 17 heavy (non-hydrogen) atoms. The van der Waals surface area contributed by atoms with Crippen LogP contribution in [-0.2, 0) is 10.0 Å². The summed E-state index contributed by atoms with van der Waals surface area (Å²) in [6.07, 6.45) is 3.87. The molecule has 0 saturated carbocycles. The van der Waals surface area contributed by atoms with Gasteiger partial charge in [-0.05, 0) is 45.3 Å². The zero-order valence-corrected chi connectivity index (χ0v) is 11.2. The molecule has 0 aromatic carbocycles. The maximum atomic E-state index is 12.1. The molecule has 0 aromatic rings. The Morgan fingerprint density at radius 3 is 2.71 bits per heavy atom. The van der Waals surface area contributed by atoms with E-state index in [1.54, 1.807) is 4.31 Å². The first-order chi connectivity index (χ1) is 8.13. The fourth-order valence-corrected chi connectivity index (χ4v) is 4.42. The van der Waals surface area contributed by atoms with Gasteiger partial charge in [0.15, 0.2) is 0 Å². The molecule has 100 valence electrons. The average Bonchev–Trinajstić information content (AvgIpc) is 2.63. The summed E-state index contributed by atoms with van der Waals surface area (Å²) in [5.41, 5.74) is 5.39. The number of sulfonamides is 1. The van der Waals surface area contributed by atoms with E-state index in [4.69, 9.17) is 5.73 Å². The molecule has 0 bridgehead atoms. The Hall–Kier alpha value is -0.170. The van der Waals surface area contributed by atoms with Gasteiger partial charge in [0, 0.05) is 19.1 Å². The number of nitrogens with zero attached hydrogens (tertiary/aromatic N) is 2. The molecule has 2 saturated heterocycles. The molecule has 0 aliphatic carbocycles. The molecule has 0 radical (unpaired) electrons. The zero-order chi connectivity index (χ0) is 12.3. The number of hydrogen-bond acceptors (Lipinski definition) is 4. The van der Waals surface area contributed by atoms with Gasteiger partial charge in [0.1, 0.15) is 0 Å². The Morgan fingerprint density at radius 2 is 1.94 bits per heavy atom. The second-order valence-electron chi connectivity index (χ2n) is 5.00. The van der Waals surface area contributed by atoms with Gasteiger partial charge in [-0.1, -0.05) is 0 Å². The summed E-state index contributed by atoms with van der Waals surface area (Å²) < 4.78 is 26.0. The number of nitrogens with two attached hydrogens (primary N) is 1. The Kier molecular flexibility index (Phi) is 4.41. The highest BCUT2D eigenvalue weighted by Gasteiger charge is 2.32. The molecule has 2 rings (SSSR count). The smallest absolute Gasteiger partial charge is 0.214 e. The Bertz CT molecular complexity index is 345. The average molecular weight is 261 g/mol. The lowest BCUT2D eigenvalue weighted by molar-refractivity contribution is 0.257. The van der Waals surface area contributed by atoms with Crippen molar-refractivity contribution in [2.75, 3.05) is 38.5 Å². The van der Waals surface area contributed by atoms with Crippen molar-refractivity contribution in [1.82, 2.24) is 9.21 Å². The molecule has 6 heteroatoms. The van der Waals surface area contributed by atoms with E-state index in [1.807, 2.05) is 0 Å². The topological polar surface area (TPSA) is 66.6 Å². The van der Waals surface area contributed by atoms with Crippen molar-refractivity contribution in [3.8, 4) is 0 Å². The predicted molar refractivity (Wildman–Crippen MR) is 68.2 cm³/mol. The van der Waals surface area contributed by atoms with Crippen molar-refractivity contribution < 1.29 is 8.42 Å². The van der Waals surface area contributed by atoms with Crippen LogP contribution in [0.3, 0.4) is 0 Å². The largest absolute Gasteiger partial charge is 0.330 e. The quantitative estimate of drug-likeness (QED) is 0.763. The van der Waals surface area contributed by atoms with Gasteiger partial charge in [-0.15, -0.1) is 0 Å². The van der Waals surface area contributed by atoms with Crippen LogP contribution < -0.4 is 5.73 Å². The van der Waals surface area contributed by atoms with E-state index in [1.165, 1.54) is 6.42 Å². The third kappa shape index (κ3) is 3.19. The summed E-state index contributed by atoms with van der Waals surface area (Å²) in [6.45, 7) is 4.00. The van der Waals surface area contributed by atoms with Gasteiger partial charge >= 0.3 is 0 Å². The fourth-order valence-electron chi connectivity index (χ4n) is 2.82. The normalized spacial score (nSPS) is 27.9. The molecule has 1 atom stereocenters. The molecule has 5 nitrogen and oxygen atoms in total. The lowest BCUT2D eigenvalue weighted by Crippen LogP contribution is -2.40. The van der Waals surface area contributed by atoms with Crippen LogP contribution in [0, 0.1) is 0 Å². The molecule has 0 spiro atoms. The third-order valence-corrected chi connectivity index (χ3v) is 5.69. The van der Waals surface area contributed by atoms with Crippen molar-refractivity contribution >= 4 is 10.0 Å². The van der Waals surface area contributed by atoms with Crippen LogP contribution in [0.2, 0.25) is 0 Å². The molecule has 1 unspecified atom stereocenters. The minimum absolute atomic E-state index is 0.205. The molecular formula is C11H23N3O2S. The van der Waals surface area contributed by atoms with Crippen LogP contribution in [-0.4, -0.2) is 62.1 Å². The third-order valence-electron chi connectivity index (χ3n) is 3.77. The molecule has 0 aromatic heterocycles. The molecular weight excluding hydrogens is 238 g/mol. The van der Waals surface area contributed by atoms with E-state index in [0.29, 0.717) is 32.1 Å². The summed E-state index contributed by atoms with van der Waals surface area (Å²) in [5.74, 6) is 0.205. The monoisotopic (exact) mass is 261 g/mol. The first-order valence-electron chi connectivity index (χ1n) is 6.55. The predicted octanol–water partition coefficient (Wildman–Crippen LogP) is -0.165. The standard InChI is InChI=1S/C11H23N3O2S/c12-5-2-9-17(15,16)14-8-3-7-13-6-1-4-11(13)10-14/h11H,1-10,12H2. The summed E-state index contributed by atoms with van der Waals surface area (Å²) in [6, 6.07) is 0.449. The van der Waals surface area contributed by atoms with Gasteiger partial charge in [-0.25, -0.2) is 12.7 Å². The number of rotatable bonds is 4. The van der Waals surface area contributed by atoms with Crippen molar-refractivity contribution in [3.63, 3.8) is 0 Å². The van der Waals surface area contributed by atoms with E-state index < -0.39 is 10.0 Å². The van der Waals surface area contributed by atoms with Gasteiger partial charge in [-0.3, -0.25) is 4.90 Å². The maximum absolute atomic E-state index is 12.1. The maximum Gasteiger partial charge on any atom is 0.214 e. The minimum Gasteiger partial charge on any atom is -0.330 e. The van der Waals surface area contributed by atoms with E-state index in [0.717, 1.165) is 25.9 Å². The SMILES string of the molecule is NCCCS(=O)(=O)N1CCCN2CCCC2C1. The second-order valence-corrected chi connectivity index (χ2v) is 7.09. The van der Waals surface area contributed by atoms with E-state index >= 15 is 0 Å². The van der Waals surface area contributed by atoms with Gasteiger partial charge in [0.25, 0.3) is 0 Å². The molecule has 2 heterocycles. The highest BCUT2D eigenvalue weighted by molar-refractivity contribution is 7.89. The van der Waals surface area contributed by atoms with Crippen LogP contribution in [0.25, 0.3) is 0 Å². The summed E-state index contributed by atoms with van der Waals surface area (Å²) in [4.78, 5) is 2.44. The number of fused-ring (bicyclic) bond motifs is 1. The highest BCUT2D eigenvalue weighted by Crippen LogP contribution is 2.22. The lowest BCUT2D eigenvalue weighted by atomic mass is 10.2. The molecule has 2 N–H and O–H groups in total. The Labute approximate surface area is 104 Å². The summed E-state index contributed by atoms with van der Waals surface area (Å²) in [5, 5.41) is 0. The van der Waals surface area contributed by atoms with E-state index in [2.05, 4.69) is 4.90 Å². The van der Waals surface area contributed by atoms with Crippen LogP contribution in [0.1, 0.15) is 25.7 Å². The Morgan fingerprint density at radius 1 is 1.18 bits per heavy atom. The Balaban J connectivity index is 2.00. The van der Waals surface area contributed by atoms with Crippen LogP contribution in [0.5, 0.6) is 0 Å².